The first-order valence-electron chi connectivity index (χ1n) is 3.52. The Hall–Kier alpha value is -1.09. The van der Waals surface area contributed by atoms with Gasteiger partial charge in [-0.25, -0.2) is 0 Å². The lowest BCUT2D eigenvalue weighted by molar-refractivity contribution is 0.274. The number of aliphatic hydroxyl groups is 1. The van der Waals surface area contributed by atoms with E-state index in [1.807, 2.05) is 6.92 Å². The maximum atomic E-state index is 11.0. The molecule has 0 bridgehead atoms. The van der Waals surface area contributed by atoms with E-state index in [-0.39, 0.29) is 12.2 Å². The van der Waals surface area contributed by atoms with Crippen molar-refractivity contribution in [3.05, 3.63) is 34.2 Å². The number of pyridine rings is 1. The van der Waals surface area contributed by atoms with Crippen LogP contribution in [0.4, 0.5) is 0 Å². The predicted molar refractivity (Wildman–Crippen MR) is 42.5 cm³/mol. The third kappa shape index (κ3) is 1.91. The molecule has 0 atom stereocenters. The Bertz CT molecular complexity index is 290. The second kappa shape index (κ2) is 3.34. The van der Waals surface area contributed by atoms with Crippen molar-refractivity contribution >= 4 is 0 Å². The summed E-state index contributed by atoms with van der Waals surface area (Å²) in [6.45, 7) is 2.29. The predicted octanol–water partition coefficient (Wildman–Crippen LogP) is 0.149. The van der Waals surface area contributed by atoms with E-state index in [0.717, 1.165) is 5.56 Å². The molecule has 11 heavy (non-hydrogen) atoms. The fourth-order valence-corrected chi connectivity index (χ4v) is 0.933. The van der Waals surface area contributed by atoms with Crippen LogP contribution in [-0.2, 0) is 6.54 Å². The topological polar surface area (TPSA) is 42.2 Å². The van der Waals surface area contributed by atoms with Crippen molar-refractivity contribution in [3.8, 4) is 0 Å². The van der Waals surface area contributed by atoms with Gasteiger partial charge >= 0.3 is 0 Å². The number of aliphatic hydroxyl groups excluding tert-OH is 1. The molecular weight excluding hydrogens is 142 g/mol. The molecule has 0 aliphatic heterocycles. The van der Waals surface area contributed by atoms with Crippen LogP contribution in [0.5, 0.6) is 0 Å². The van der Waals surface area contributed by atoms with E-state index in [4.69, 9.17) is 5.11 Å². The van der Waals surface area contributed by atoms with Gasteiger partial charge in [-0.15, -0.1) is 0 Å². The van der Waals surface area contributed by atoms with Crippen LogP contribution in [0.1, 0.15) is 5.56 Å². The summed E-state index contributed by atoms with van der Waals surface area (Å²) in [5, 5.41) is 8.58. The molecule has 1 aromatic rings. The van der Waals surface area contributed by atoms with Crippen molar-refractivity contribution in [1.82, 2.24) is 4.57 Å². The van der Waals surface area contributed by atoms with E-state index in [2.05, 4.69) is 0 Å². The van der Waals surface area contributed by atoms with E-state index in [0.29, 0.717) is 6.54 Å². The summed E-state index contributed by atoms with van der Waals surface area (Å²) < 4.78 is 1.50. The van der Waals surface area contributed by atoms with Crippen LogP contribution in [0, 0.1) is 6.92 Å². The average molecular weight is 153 g/mol. The maximum absolute atomic E-state index is 11.0. The van der Waals surface area contributed by atoms with Crippen LogP contribution < -0.4 is 5.56 Å². The quantitative estimate of drug-likeness (QED) is 0.657. The Morgan fingerprint density at radius 2 is 2.27 bits per heavy atom. The molecule has 1 aromatic heterocycles. The molecule has 0 radical (unpaired) electrons. The molecule has 1 rings (SSSR count). The van der Waals surface area contributed by atoms with Crippen molar-refractivity contribution in [2.45, 2.75) is 13.5 Å². The minimum atomic E-state index is -0.0651. The largest absolute Gasteiger partial charge is 0.395 e. The standard InChI is InChI=1S/C8H11NO2/c1-7-2-3-8(11)9(6-7)4-5-10/h2-3,6,10H,4-5H2,1H3. The molecule has 3 nitrogen and oxygen atoms in total. The lowest BCUT2D eigenvalue weighted by Crippen LogP contribution is -2.20. The fourth-order valence-electron chi connectivity index (χ4n) is 0.933. The second-order valence-corrected chi connectivity index (χ2v) is 2.46. The number of rotatable bonds is 2. The molecule has 0 saturated carbocycles. The van der Waals surface area contributed by atoms with Gasteiger partial charge in [-0.3, -0.25) is 4.79 Å². The second-order valence-electron chi connectivity index (χ2n) is 2.46. The molecule has 0 aliphatic carbocycles. The van der Waals surface area contributed by atoms with Crippen LogP contribution in [0.25, 0.3) is 0 Å². The summed E-state index contributed by atoms with van der Waals surface area (Å²) in [4.78, 5) is 11.0. The highest BCUT2D eigenvalue weighted by Crippen LogP contribution is 1.90. The number of aryl methyl sites for hydroxylation is 1. The lowest BCUT2D eigenvalue weighted by Gasteiger charge is -2.02. The van der Waals surface area contributed by atoms with Crippen molar-refractivity contribution < 1.29 is 5.11 Å². The first kappa shape index (κ1) is 8.01. The molecule has 0 fully saturated rings. The molecular formula is C8H11NO2. The van der Waals surface area contributed by atoms with Crippen LogP contribution in [0.15, 0.2) is 23.1 Å². The summed E-state index contributed by atoms with van der Waals surface area (Å²) >= 11 is 0. The summed E-state index contributed by atoms with van der Waals surface area (Å²) in [6.07, 6.45) is 1.73. The van der Waals surface area contributed by atoms with Gasteiger partial charge in [0.25, 0.3) is 5.56 Å². The van der Waals surface area contributed by atoms with Crippen molar-refractivity contribution in [2.24, 2.45) is 0 Å². The summed E-state index contributed by atoms with van der Waals surface area (Å²) in [5.41, 5.74) is 0.961. The molecule has 1 heterocycles. The molecule has 0 spiro atoms. The SMILES string of the molecule is Cc1ccc(=O)n(CCO)c1. The smallest absolute Gasteiger partial charge is 0.250 e. The van der Waals surface area contributed by atoms with Gasteiger partial charge in [-0.2, -0.15) is 0 Å². The van der Waals surface area contributed by atoms with Gasteiger partial charge in [0.15, 0.2) is 0 Å². The molecule has 0 amide bonds. The van der Waals surface area contributed by atoms with Crippen LogP contribution >= 0.6 is 0 Å². The van der Waals surface area contributed by atoms with Gasteiger partial charge in [0, 0.05) is 18.8 Å². The molecule has 0 unspecified atom stereocenters. The Morgan fingerprint density at radius 1 is 1.55 bits per heavy atom. The third-order valence-electron chi connectivity index (χ3n) is 1.47. The van der Waals surface area contributed by atoms with E-state index in [1.54, 1.807) is 12.3 Å². The molecule has 1 N–H and O–H groups in total. The zero-order valence-electron chi connectivity index (χ0n) is 6.45. The van der Waals surface area contributed by atoms with E-state index < -0.39 is 0 Å². The number of hydrogen-bond donors (Lipinski definition) is 1. The van der Waals surface area contributed by atoms with Crippen LogP contribution in [-0.4, -0.2) is 16.3 Å². The van der Waals surface area contributed by atoms with Gasteiger partial charge in [-0.05, 0) is 12.5 Å². The van der Waals surface area contributed by atoms with Crippen molar-refractivity contribution in [1.29, 1.82) is 0 Å². The molecule has 60 valence electrons. The molecule has 0 aliphatic rings. The molecule has 0 saturated heterocycles. The Balaban J connectivity index is 3.03. The fraction of sp³-hybridized carbons (Fsp3) is 0.375. The van der Waals surface area contributed by atoms with Crippen molar-refractivity contribution in [2.75, 3.05) is 6.61 Å². The van der Waals surface area contributed by atoms with Gasteiger partial charge in [-0.1, -0.05) is 6.07 Å². The average Bonchev–Trinajstić information content (AvgIpc) is 1.98. The Kier molecular flexibility index (Phi) is 2.44. The van der Waals surface area contributed by atoms with Crippen LogP contribution in [0.2, 0.25) is 0 Å². The van der Waals surface area contributed by atoms with E-state index >= 15 is 0 Å². The van der Waals surface area contributed by atoms with Gasteiger partial charge in [0.2, 0.25) is 0 Å². The summed E-state index contributed by atoms with van der Waals surface area (Å²) in [5.74, 6) is 0. The minimum absolute atomic E-state index is 0.00333. The van der Waals surface area contributed by atoms with Crippen molar-refractivity contribution in [3.63, 3.8) is 0 Å². The van der Waals surface area contributed by atoms with Gasteiger partial charge < -0.3 is 9.67 Å². The number of hydrogen-bond acceptors (Lipinski definition) is 2. The normalized spacial score (nSPS) is 10.0. The monoisotopic (exact) mass is 153 g/mol. The first-order valence-corrected chi connectivity index (χ1v) is 3.52. The Labute approximate surface area is 64.9 Å². The molecule has 0 aromatic carbocycles. The highest BCUT2D eigenvalue weighted by atomic mass is 16.3. The highest BCUT2D eigenvalue weighted by molar-refractivity contribution is 5.06. The third-order valence-corrected chi connectivity index (χ3v) is 1.47. The molecule has 3 heteroatoms. The first-order chi connectivity index (χ1) is 5.24. The lowest BCUT2D eigenvalue weighted by atomic mass is 10.3. The van der Waals surface area contributed by atoms with E-state index in [1.165, 1.54) is 10.6 Å². The summed E-state index contributed by atoms with van der Waals surface area (Å²) in [6, 6.07) is 3.27. The minimum Gasteiger partial charge on any atom is -0.395 e. The number of aromatic nitrogens is 1. The zero-order chi connectivity index (χ0) is 8.27. The summed E-state index contributed by atoms with van der Waals surface area (Å²) in [7, 11) is 0. The number of nitrogens with zero attached hydrogens (tertiary/aromatic N) is 1. The van der Waals surface area contributed by atoms with Gasteiger partial charge in [0.05, 0.1) is 6.61 Å². The Morgan fingerprint density at radius 3 is 2.91 bits per heavy atom. The maximum Gasteiger partial charge on any atom is 0.250 e. The highest BCUT2D eigenvalue weighted by Gasteiger charge is 1.92. The van der Waals surface area contributed by atoms with Crippen LogP contribution in [0.3, 0.4) is 0 Å². The zero-order valence-corrected chi connectivity index (χ0v) is 6.45. The van der Waals surface area contributed by atoms with Gasteiger partial charge in [0.1, 0.15) is 0 Å². The van der Waals surface area contributed by atoms with E-state index in [9.17, 15) is 4.79 Å².